The average molecular weight is 453 g/mol. The van der Waals surface area contributed by atoms with Crippen LogP contribution in [0.5, 0.6) is 11.5 Å². The van der Waals surface area contributed by atoms with Crippen LogP contribution in [0.25, 0.3) is 0 Å². The molecule has 172 valence electrons. The molecule has 0 spiro atoms. The molecule has 10 heteroatoms. The highest BCUT2D eigenvalue weighted by Crippen LogP contribution is 2.32. The molecule has 0 aliphatic carbocycles. The first-order valence-corrected chi connectivity index (χ1v) is 10.9. The molecule has 3 aliphatic rings. The lowest BCUT2D eigenvalue weighted by atomic mass is 10.1. The highest BCUT2D eigenvalue weighted by molar-refractivity contribution is 6.06. The van der Waals surface area contributed by atoms with E-state index in [9.17, 15) is 14.0 Å². The van der Waals surface area contributed by atoms with Crippen LogP contribution in [0.2, 0.25) is 0 Å². The zero-order chi connectivity index (χ0) is 22.8. The second-order valence-corrected chi connectivity index (χ2v) is 7.99. The minimum Gasteiger partial charge on any atom is -0.486 e. The summed E-state index contributed by atoms with van der Waals surface area (Å²) in [7, 11) is 0. The molecular weight excluding hydrogens is 429 g/mol. The van der Waals surface area contributed by atoms with Crippen LogP contribution >= 0.6 is 0 Å². The molecule has 2 N–H and O–H groups in total. The Balaban J connectivity index is 1.24. The number of nitrogens with zero attached hydrogens (tertiary/aromatic N) is 3. The van der Waals surface area contributed by atoms with E-state index in [1.807, 2.05) is 9.80 Å². The Labute approximate surface area is 190 Å². The van der Waals surface area contributed by atoms with E-state index in [2.05, 4.69) is 15.6 Å². The minimum atomic E-state index is -0.841. The number of halogens is 1. The minimum absolute atomic E-state index is 0.0327. The zero-order valence-corrected chi connectivity index (χ0v) is 17.9. The van der Waals surface area contributed by atoms with E-state index in [4.69, 9.17) is 9.47 Å². The fourth-order valence-corrected chi connectivity index (χ4v) is 4.10. The molecule has 0 saturated carbocycles. The Bertz CT molecular complexity index is 1100. The number of ether oxygens (including phenoxy) is 2. The van der Waals surface area contributed by atoms with Crippen molar-refractivity contribution in [3.8, 4) is 11.5 Å². The van der Waals surface area contributed by atoms with Crippen LogP contribution in [0.1, 0.15) is 6.42 Å². The largest absolute Gasteiger partial charge is 0.486 e. The number of fused-ring (bicyclic) bond motifs is 1. The third-order valence-corrected chi connectivity index (χ3v) is 5.79. The van der Waals surface area contributed by atoms with Gasteiger partial charge in [0.2, 0.25) is 17.8 Å². The van der Waals surface area contributed by atoms with E-state index < -0.39 is 6.04 Å². The second-order valence-electron chi connectivity index (χ2n) is 7.99. The van der Waals surface area contributed by atoms with Gasteiger partial charge in [-0.2, -0.15) is 0 Å². The van der Waals surface area contributed by atoms with Crippen LogP contribution in [0.3, 0.4) is 0 Å². The molecule has 3 aliphatic heterocycles. The molecule has 33 heavy (non-hydrogen) atoms. The number of nitrogens with one attached hydrogen (secondary N) is 2. The van der Waals surface area contributed by atoms with Crippen LogP contribution in [-0.4, -0.2) is 68.1 Å². The first-order valence-electron chi connectivity index (χ1n) is 10.9. The molecule has 1 atom stereocenters. The van der Waals surface area contributed by atoms with Gasteiger partial charge in [0.15, 0.2) is 11.5 Å². The van der Waals surface area contributed by atoms with E-state index in [1.165, 1.54) is 6.07 Å². The van der Waals surface area contributed by atoms with E-state index in [-0.39, 0.29) is 24.1 Å². The molecule has 2 aromatic carbocycles. The number of carbonyl (C=O) groups is 2. The van der Waals surface area contributed by atoms with Crippen molar-refractivity contribution in [2.75, 3.05) is 49.6 Å². The van der Waals surface area contributed by atoms with Crippen molar-refractivity contribution in [3.05, 3.63) is 48.3 Å². The maximum Gasteiger partial charge on any atom is 0.249 e. The highest BCUT2D eigenvalue weighted by Gasteiger charge is 2.31. The van der Waals surface area contributed by atoms with Gasteiger partial charge in [0, 0.05) is 37.9 Å². The van der Waals surface area contributed by atoms with Gasteiger partial charge >= 0.3 is 0 Å². The fourth-order valence-electron chi connectivity index (χ4n) is 4.10. The fraction of sp³-hybridized carbons (Fsp3) is 0.348. The average Bonchev–Trinajstić information content (AvgIpc) is 2.84. The number of guanidine groups is 1. The number of amides is 2. The molecule has 0 aromatic heterocycles. The predicted molar refractivity (Wildman–Crippen MR) is 120 cm³/mol. The number of para-hydroxylation sites is 1. The molecule has 0 unspecified atom stereocenters. The van der Waals surface area contributed by atoms with Gasteiger partial charge in [0.25, 0.3) is 0 Å². The third-order valence-electron chi connectivity index (χ3n) is 5.79. The Kier molecular flexibility index (Phi) is 5.72. The van der Waals surface area contributed by atoms with Crippen LogP contribution in [0, 0.1) is 5.82 Å². The van der Waals surface area contributed by atoms with Gasteiger partial charge in [-0.1, -0.05) is 12.1 Å². The van der Waals surface area contributed by atoms with E-state index in [0.717, 1.165) is 0 Å². The number of anilines is 2. The number of hydrogen-bond acceptors (Lipinski definition) is 7. The van der Waals surface area contributed by atoms with Crippen molar-refractivity contribution in [2.45, 2.75) is 12.5 Å². The van der Waals surface area contributed by atoms with Crippen molar-refractivity contribution in [3.63, 3.8) is 0 Å². The summed E-state index contributed by atoms with van der Waals surface area (Å²) in [4.78, 5) is 33.5. The normalized spacial score (nSPS) is 20.1. The number of hydrogen-bond donors (Lipinski definition) is 2. The van der Waals surface area contributed by atoms with Crippen molar-refractivity contribution in [1.29, 1.82) is 0 Å². The van der Waals surface area contributed by atoms with Crippen molar-refractivity contribution >= 4 is 29.1 Å². The first kappa shape index (κ1) is 21.0. The standard InChI is InChI=1S/C23H24FN5O4/c24-16-3-1-2-4-18(16)28-7-9-29(10-8-28)23-26-17(14-21(30)27-23)22(31)25-15-5-6-19-20(13-15)33-12-11-32-19/h1-6,13,17H,7-12,14H2,(H,25,31)(H,26,27,30)/t17-/m0/s1. The molecule has 0 bridgehead atoms. The third kappa shape index (κ3) is 4.55. The second kappa shape index (κ2) is 8.97. The number of carbonyl (C=O) groups excluding carboxylic acids is 2. The summed E-state index contributed by atoms with van der Waals surface area (Å²) in [5.74, 6) is 0.679. The lowest BCUT2D eigenvalue weighted by molar-refractivity contribution is -0.125. The Morgan fingerprint density at radius 1 is 1.03 bits per heavy atom. The topological polar surface area (TPSA) is 95.5 Å². The van der Waals surface area contributed by atoms with E-state index in [0.29, 0.717) is 68.2 Å². The number of aliphatic imine (C=N–C) groups is 1. The van der Waals surface area contributed by atoms with Crippen molar-refractivity contribution in [2.24, 2.45) is 4.99 Å². The molecule has 2 aromatic rings. The number of rotatable bonds is 3. The van der Waals surface area contributed by atoms with Crippen LogP contribution in [-0.2, 0) is 9.59 Å². The summed E-state index contributed by atoms with van der Waals surface area (Å²) >= 11 is 0. The Morgan fingerprint density at radius 2 is 1.76 bits per heavy atom. The first-order chi connectivity index (χ1) is 16.1. The lowest BCUT2D eigenvalue weighted by Crippen LogP contribution is -2.56. The SMILES string of the molecule is O=C1C[C@@H](C(=O)Nc2ccc3c(c2)OCCO3)N=C(N2CCN(c3ccccc3F)CC2)N1. The number of piperazine rings is 1. The molecule has 1 saturated heterocycles. The van der Waals surface area contributed by atoms with Gasteiger partial charge in [-0.05, 0) is 24.3 Å². The zero-order valence-electron chi connectivity index (χ0n) is 17.9. The van der Waals surface area contributed by atoms with Crippen LogP contribution in [0.15, 0.2) is 47.5 Å². The van der Waals surface area contributed by atoms with E-state index in [1.54, 1.807) is 36.4 Å². The molecule has 9 nitrogen and oxygen atoms in total. The monoisotopic (exact) mass is 453 g/mol. The lowest BCUT2D eigenvalue weighted by Gasteiger charge is -2.38. The smallest absolute Gasteiger partial charge is 0.249 e. The molecular formula is C23H24FN5O4. The summed E-state index contributed by atoms with van der Waals surface area (Å²) in [6.45, 7) is 3.18. The van der Waals surface area contributed by atoms with Crippen LogP contribution < -0.4 is 25.0 Å². The molecule has 1 fully saturated rings. The summed E-state index contributed by atoms with van der Waals surface area (Å²) in [6.07, 6.45) is -0.0327. The summed E-state index contributed by atoms with van der Waals surface area (Å²) in [5, 5.41) is 5.58. The van der Waals surface area contributed by atoms with Crippen molar-refractivity contribution < 1.29 is 23.5 Å². The van der Waals surface area contributed by atoms with Gasteiger partial charge < -0.3 is 24.6 Å². The van der Waals surface area contributed by atoms with Crippen molar-refractivity contribution in [1.82, 2.24) is 10.2 Å². The maximum atomic E-state index is 14.1. The van der Waals surface area contributed by atoms with Gasteiger partial charge in [-0.3, -0.25) is 14.9 Å². The summed E-state index contributed by atoms with van der Waals surface area (Å²) in [5.41, 5.74) is 1.11. The summed E-state index contributed by atoms with van der Waals surface area (Å²) < 4.78 is 25.1. The molecule has 0 radical (unpaired) electrons. The Hall–Kier alpha value is -3.82. The van der Waals surface area contributed by atoms with Gasteiger partial charge in [0.1, 0.15) is 25.1 Å². The molecule has 2 amide bonds. The summed E-state index contributed by atoms with van der Waals surface area (Å²) in [6, 6.07) is 11.0. The van der Waals surface area contributed by atoms with Gasteiger partial charge in [-0.15, -0.1) is 0 Å². The molecule has 3 heterocycles. The molecule has 5 rings (SSSR count). The quantitative estimate of drug-likeness (QED) is 0.733. The maximum absolute atomic E-state index is 14.1. The van der Waals surface area contributed by atoms with Gasteiger partial charge in [-0.25, -0.2) is 9.38 Å². The van der Waals surface area contributed by atoms with Crippen LogP contribution in [0.4, 0.5) is 15.8 Å². The van der Waals surface area contributed by atoms with E-state index >= 15 is 0 Å². The Morgan fingerprint density at radius 3 is 2.55 bits per heavy atom. The predicted octanol–water partition coefficient (Wildman–Crippen LogP) is 1.60. The number of benzene rings is 2. The highest BCUT2D eigenvalue weighted by atomic mass is 19.1. The van der Waals surface area contributed by atoms with Gasteiger partial charge in [0.05, 0.1) is 12.1 Å².